The van der Waals surface area contributed by atoms with Gasteiger partial charge in [-0.05, 0) is 56.0 Å². The van der Waals surface area contributed by atoms with Gasteiger partial charge in [-0.3, -0.25) is 9.59 Å². The van der Waals surface area contributed by atoms with Crippen molar-refractivity contribution in [1.29, 1.82) is 0 Å². The third-order valence-electron chi connectivity index (χ3n) is 9.23. The van der Waals surface area contributed by atoms with Crippen LogP contribution < -0.4 is 0 Å². The largest absolute Gasteiger partial charge is 0.465 e. The predicted molar refractivity (Wildman–Crippen MR) is 192 cm³/mol. The van der Waals surface area contributed by atoms with E-state index in [0.29, 0.717) is 0 Å². The van der Waals surface area contributed by atoms with Crippen molar-refractivity contribution < 1.29 is 41.7 Å². The molecule has 4 aromatic carbocycles. The Bertz CT molecular complexity index is 1780. The molecule has 4 aromatic rings. The Hall–Kier alpha value is -4.35. The van der Waals surface area contributed by atoms with Gasteiger partial charge in [-0.25, -0.2) is 8.42 Å². The molecule has 270 valence electrons. The van der Waals surface area contributed by atoms with E-state index in [1.165, 1.54) is 12.1 Å². The number of esters is 2. The standard InChI is InChI=1S/C41H46O9S/c1-4-47-39(42)41(40(43)48-5-2)25-36(51(44,45)34-23-21-30(3)22-24-34)38(50-28-33-19-13-8-14-20-33)37(41)35(49-27-32-17-11-7-12-18-32)29-46-26-31-15-9-6-10-16-31/h6-24,35-38H,4-5,25-29H2,1-3H3/t35?,36-,37+,38+/m1/s1. The molecule has 0 aliphatic heterocycles. The van der Waals surface area contributed by atoms with Crippen molar-refractivity contribution in [1.82, 2.24) is 0 Å². The maximum atomic E-state index is 14.7. The van der Waals surface area contributed by atoms with Crippen molar-refractivity contribution in [3.8, 4) is 0 Å². The van der Waals surface area contributed by atoms with Gasteiger partial charge < -0.3 is 23.7 Å². The fraction of sp³-hybridized carbons (Fsp3) is 0.366. The zero-order valence-electron chi connectivity index (χ0n) is 29.3. The van der Waals surface area contributed by atoms with Crippen molar-refractivity contribution in [2.24, 2.45) is 11.3 Å². The van der Waals surface area contributed by atoms with Gasteiger partial charge in [0.2, 0.25) is 0 Å². The van der Waals surface area contributed by atoms with E-state index < -0.39 is 57.0 Å². The Morgan fingerprint density at radius 3 is 1.71 bits per heavy atom. The van der Waals surface area contributed by atoms with Crippen LogP contribution in [0, 0.1) is 18.3 Å². The Morgan fingerprint density at radius 2 is 1.20 bits per heavy atom. The van der Waals surface area contributed by atoms with Gasteiger partial charge in [-0.15, -0.1) is 0 Å². The van der Waals surface area contributed by atoms with Crippen LogP contribution in [-0.2, 0) is 62.9 Å². The van der Waals surface area contributed by atoms with E-state index in [1.807, 2.05) is 97.9 Å². The summed E-state index contributed by atoms with van der Waals surface area (Å²) in [5.74, 6) is -2.97. The molecule has 1 aliphatic rings. The molecule has 0 heterocycles. The Labute approximate surface area is 300 Å². The molecule has 51 heavy (non-hydrogen) atoms. The van der Waals surface area contributed by atoms with E-state index in [0.717, 1.165) is 22.3 Å². The first kappa shape index (κ1) is 37.9. The highest BCUT2D eigenvalue weighted by molar-refractivity contribution is 7.92. The van der Waals surface area contributed by atoms with Gasteiger partial charge >= 0.3 is 11.9 Å². The monoisotopic (exact) mass is 714 g/mol. The summed E-state index contributed by atoms with van der Waals surface area (Å²) < 4.78 is 60.1. The van der Waals surface area contributed by atoms with Crippen molar-refractivity contribution >= 4 is 21.8 Å². The topological polar surface area (TPSA) is 114 Å². The second kappa shape index (κ2) is 17.7. The number of hydrogen-bond donors (Lipinski definition) is 0. The number of carbonyl (C=O) groups is 2. The molecule has 0 amide bonds. The molecule has 9 nitrogen and oxygen atoms in total. The van der Waals surface area contributed by atoms with Crippen molar-refractivity contribution in [2.45, 2.75) is 69.4 Å². The molecule has 10 heteroatoms. The van der Waals surface area contributed by atoms with E-state index >= 15 is 0 Å². The number of aryl methyl sites for hydroxylation is 1. The van der Waals surface area contributed by atoms with Crippen LogP contribution in [-0.4, -0.2) is 57.6 Å². The smallest absolute Gasteiger partial charge is 0.324 e. The van der Waals surface area contributed by atoms with Crippen LogP contribution in [0.5, 0.6) is 0 Å². The summed E-state index contributed by atoms with van der Waals surface area (Å²) in [6.45, 7) is 5.29. The summed E-state index contributed by atoms with van der Waals surface area (Å²) in [6.07, 6.45) is -2.66. The summed E-state index contributed by atoms with van der Waals surface area (Å²) in [7, 11) is -4.21. The average molecular weight is 715 g/mol. The lowest BCUT2D eigenvalue weighted by molar-refractivity contribution is -0.188. The van der Waals surface area contributed by atoms with Crippen molar-refractivity contribution in [3.63, 3.8) is 0 Å². The van der Waals surface area contributed by atoms with Gasteiger partial charge in [-0.2, -0.15) is 0 Å². The molecular weight excluding hydrogens is 669 g/mol. The second-order valence-corrected chi connectivity index (χ2v) is 14.8. The normalized spacial score (nSPS) is 18.9. The first-order chi connectivity index (χ1) is 24.7. The Kier molecular flexibility index (Phi) is 13.2. The second-order valence-electron chi connectivity index (χ2n) is 12.6. The van der Waals surface area contributed by atoms with Crippen LogP contribution in [0.4, 0.5) is 0 Å². The van der Waals surface area contributed by atoms with Crippen LogP contribution in [0.15, 0.2) is 120 Å². The fourth-order valence-electron chi connectivity index (χ4n) is 6.72. The molecule has 1 saturated carbocycles. The average Bonchev–Trinajstić information content (AvgIpc) is 3.51. The molecule has 0 spiro atoms. The van der Waals surface area contributed by atoms with E-state index in [2.05, 4.69) is 0 Å². The molecule has 0 bridgehead atoms. The minimum Gasteiger partial charge on any atom is -0.465 e. The maximum absolute atomic E-state index is 14.7. The van der Waals surface area contributed by atoms with E-state index in [9.17, 15) is 18.0 Å². The van der Waals surface area contributed by atoms with Gasteiger partial charge in [-0.1, -0.05) is 109 Å². The first-order valence-electron chi connectivity index (χ1n) is 17.3. The van der Waals surface area contributed by atoms with Crippen LogP contribution in [0.3, 0.4) is 0 Å². The molecule has 0 radical (unpaired) electrons. The summed E-state index contributed by atoms with van der Waals surface area (Å²) in [4.78, 5) is 28.8. The number of benzene rings is 4. The molecule has 1 unspecified atom stereocenters. The van der Waals surface area contributed by atoms with E-state index in [-0.39, 0.29) is 44.5 Å². The van der Waals surface area contributed by atoms with E-state index in [1.54, 1.807) is 26.0 Å². The molecule has 0 aromatic heterocycles. The lowest BCUT2D eigenvalue weighted by Crippen LogP contribution is -2.53. The zero-order chi connectivity index (χ0) is 36.3. The summed E-state index contributed by atoms with van der Waals surface area (Å²) in [5, 5.41) is -1.35. The summed E-state index contributed by atoms with van der Waals surface area (Å²) >= 11 is 0. The maximum Gasteiger partial charge on any atom is 0.324 e. The Balaban J connectivity index is 1.67. The minimum absolute atomic E-state index is 0.0138. The van der Waals surface area contributed by atoms with Crippen LogP contribution >= 0.6 is 0 Å². The van der Waals surface area contributed by atoms with Crippen LogP contribution in [0.1, 0.15) is 42.5 Å². The molecule has 0 saturated heterocycles. The fourth-order valence-corrected chi connectivity index (χ4v) is 8.67. The third kappa shape index (κ3) is 8.94. The molecule has 1 fully saturated rings. The number of rotatable bonds is 17. The highest BCUT2D eigenvalue weighted by Gasteiger charge is 2.69. The highest BCUT2D eigenvalue weighted by atomic mass is 32.2. The van der Waals surface area contributed by atoms with E-state index in [4.69, 9.17) is 23.7 Å². The predicted octanol–water partition coefficient (Wildman–Crippen LogP) is 6.66. The number of hydrogen-bond acceptors (Lipinski definition) is 9. The van der Waals surface area contributed by atoms with Gasteiger partial charge in [0.1, 0.15) is 0 Å². The van der Waals surface area contributed by atoms with Crippen LogP contribution in [0.2, 0.25) is 0 Å². The zero-order valence-corrected chi connectivity index (χ0v) is 30.1. The lowest BCUT2D eigenvalue weighted by Gasteiger charge is -2.38. The quantitative estimate of drug-likeness (QED) is 0.0876. The first-order valence-corrected chi connectivity index (χ1v) is 18.8. The molecule has 0 N–H and O–H groups in total. The molecule has 4 atom stereocenters. The van der Waals surface area contributed by atoms with Crippen molar-refractivity contribution in [2.75, 3.05) is 19.8 Å². The molecule has 5 rings (SSSR count). The van der Waals surface area contributed by atoms with Crippen molar-refractivity contribution in [3.05, 3.63) is 138 Å². The van der Waals surface area contributed by atoms with Gasteiger partial charge in [0.25, 0.3) is 0 Å². The third-order valence-corrected chi connectivity index (χ3v) is 11.4. The van der Waals surface area contributed by atoms with Crippen LogP contribution in [0.25, 0.3) is 0 Å². The molecule has 1 aliphatic carbocycles. The van der Waals surface area contributed by atoms with Gasteiger partial charge in [0, 0.05) is 5.92 Å². The summed E-state index contributed by atoms with van der Waals surface area (Å²) in [5.41, 5.74) is 1.31. The number of sulfone groups is 1. The Morgan fingerprint density at radius 1 is 0.706 bits per heavy atom. The SMILES string of the molecule is CCOC(=O)C1(C(=O)OCC)C[C@@H](S(=O)(=O)c2ccc(C)cc2)[C@H](OCc2ccccc2)[C@@H]1C(COCc1ccccc1)OCc1ccccc1. The number of ether oxygens (including phenoxy) is 5. The molecular formula is C41H46O9S. The minimum atomic E-state index is -4.21. The highest BCUT2D eigenvalue weighted by Crippen LogP contribution is 2.53. The van der Waals surface area contributed by atoms with Gasteiger partial charge in [0.15, 0.2) is 15.3 Å². The van der Waals surface area contributed by atoms with Gasteiger partial charge in [0.05, 0.1) is 62.0 Å². The number of carbonyl (C=O) groups excluding carboxylic acids is 2. The summed E-state index contributed by atoms with van der Waals surface area (Å²) in [6, 6.07) is 34.8. The lowest BCUT2D eigenvalue weighted by atomic mass is 9.74.